The Labute approximate surface area is 107 Å². The molecule has 18 heavy (non-hydrogen) atoms. The lowest BCUT2D eigenvalue weighted by atomic mass is 10.1. The summed E-state index contributed by atoms with van der Waals surface area (Å²) in [6.45, 7) is 2.80. The van der Waals surface area contributed by atoms with E-state index in [9.17, 15) is 8.42 Å². The SMILES string of the molecule is CCCCS(=O)(=O)N1CCc2cnc(N)nc2C1. The second kappa shape index (κ2) is 5.19. The highest BCUT2D eigenvalue weighted by Crippen LogP contribution is 2.20. The van der Waals surface area contributed by atoms with E-state index < -0.39 is 10.0 Å². The Balaban J connectivity index is 2.16. The molecular formula is C11H18N4O2S. The summed E-state index contributed by atoms with van der Waals surface area (Å²) < 4.78 is 25.7. The maximum absolute atomic E-state index is 12.1. The number of hydrogen-bond donors (Lipinski definition) is 1. The van der Waals surface area contributed by atoms with Crippen LogP contribution in [0.25, 0.3) is 0 Å². The van der Waals surface area contributed by atoms with Crippen molar-refractivity contribution < 1.29 is 8.42 Å². The van der Waals surface area contributed by atoms with E-state index in [-0.39, 0.29) is 11.7 Å². The number of sulfonamides is 1. The van der Waals surface area contributed by atoms with Crippen molar-refractivity contribution in [2.24, 2.45) is 0 Å². The summed E-state index contributed by atoms with van der Waals surface area (Å²) in [4.78, 5) is 8.05. The Morgan fingerprint density at radius 2 is 2.28 bits per heavy atom. The van der Waals surface area contributed by atoms with Crippen molar-refractivity contribution >= 4 is 16.0 Å². The number of nitrogens with two attached hydrogens (primary N) is 1. The van der Waals surface area contributed by atoms with Crippen molar-refractivity contribution in [1.29, 1.82) is 0 Å². The van der Waals surface area contributed by atoms with Gasteiger partial charge >= 0.3 is 0 Å². The molecule has 1 aromatic rings. The van der Waals surface area contributed by atoms with E-state index in [4.69, 9.17) is 5.73 Å². The standard InChI is InChI=1S/C11H18N4O2S/c1-2-3-6-18(16,17)15-5-4-9-7-13-11(12)14-10(9)8-15/h7H,2-6,8H2,1H3,(H2,12,13,14). The van der Waals surface area contributed by atoms with Crippen LogP contribution in [-0.4, -0.2) is 35.0 Å². The first kappa shape index (κ1) is 13.2. The van der Waals surface area contributed by atoms with Gasteiger partial charge in [0, 0.05) is 12.7 Å². The third-order valence-electron chi connectivity index (χ3n) is 3.08. The van der Waals surface area contributed by atoms with E-state index in [0.717, 1.165) is 17.7 Å². The second-order valence-electron chi connectivity index (χ2n) is 4.45. The fraction of sp³-hybridized carbons (Fsp3) is 0.636. The summed E-state index contributed by atoms with van der Waals surface area (Å²) >= 11 is 0. The third kappa shape index (κ3) is 2.78. The van der Waals surface area contributed by atoms with Gasteiger partial charge in [0.1, 0.15) is 0 Å². The van der Waals surface area contributed by atoms with Crippen molar-refractivity contribution in [3.63, 3.8) is 0 Å². The first-order valence-electron chi connectivity index (χ1n) is 6.11. The smallest absolute Gasteiger partial charge is 0.220 e. The Hall–Kier alpha value is -1.21. The summed E-state index contributed by atoms with van der Waals surface area (Å²) in [5.41, 5.74) is 7.25. The predicted octanol–water partition coefficient (Wildman–Crippen LogP) is 0.547. The molecule has 0 atom stereocenters. The third-order valence-corrected chi connectivity index (χ3v) is 4.98. The van der Waals surface area contributed by atoms with Gasteiger partial charge in [-0.3, -0.25) is 0 Å². The lowest BCUT2D eigenvalue weighted by molar-refractivity contribution is 0.384. The molecule has 2 N–H and O–H groups in total. The molecule has 0 bridgehead atoms. The van der Waals surface area contributed by atoms with Crippen LogP contribution in [0.5, 0.6) is 0 Å². The molecule has 0 aliphatic carbocycles. The van der Waals surface area contributed by atoms with Gasteiger partial charge in [-0.05, 0) is 18.4 Å². The second-order valence-corrected chi connectivity index (χ2v) is 6.54. The first-order chi connectivity index (χ1) is 8.53. The van der Waals surface area contributed by atoms with Gasteiger partial charge in [0.25, 0.3) is 0 Å². The van der Waals surface area contributed by atoms with Crippen LogP contribution in [0.3, 0.4) is 0 Å². The van der Waals surface area contributed by atoms with Crippen LogP contribution in [0.1, 0.15) is 31.0 Å². The van der Waals surface area contributed by atoms with E-state index in [1.807, 2.05) is 6.92 Å². The Morgan fingerprint density at radius 3 is 3.00 bits per heavy atom. The Morgan fingerprint density at radius 1 is 1.50 bits per heavy atom. The predicted molar refractivity (Wildman–Crippen MR) is 69.3 cm³/mol. The molecule has 1 aliphatic heterocycles. The van der Waals surface area contributed by atoms with Crippen molar-refractivity contribution in [1.82, 2.24) is 14.3 Å². The van der Waals surface area contributed by atoms with Gasteiger partial charge in [0.2, 0.25) is 16.0 Å². The monoisotopic (exact) mass is 270 g/mol. The summed E-state index contributed by atoms with van der Waals surface area (Å²) in [6.07, 6.45) is 3.91. The van der Waals surface area contributed by atoms with E-state index in [1.165, 1.54) is 4.31 Å². The minimum absolute atomic E-state index is 0.196. The first-order valence-corrected chi connectivity index (χ1v) is 7.72. The number of unbranched alkanes of at least 4 members (excludes halogenated alkanes) is 1. The molecule has 1 aliphatic rings. The molecule has 0 aromatic carbocycles. The summed E-state index contributed by atoms with van der Waals surface area (Å²) in [7, 11) is -3.17. The number of rotatable bonds is 4. The highest BCUT2D eigenvalue weighted by molar-refractivity contribution is 7.89. The molecule has 2 rings (SSSR count). The van der Waals surface area contributed by atoms with Crippen LogP contribution < -0.4 is 5.73 Å². The zero-order valence-corrected chi connectivity index (χ0v) is 11.3. The molecule has 0 amide bonds. The topological polar surface area (TPSA) is 89.2 Å². The molecule has 100 valence electrons. The molecule has 0 unspecified atom stereocenters. The zero-order valence-electron chi connectivity index (χ0n) is 10.5. The van der Waals surface area contributed by atoms with Gasteiger partial charge in [-0.15, -0.1) is 0 Å². The molecule has 0 saturated carbocycles. The number of hydrogen-bond acceptors (Lipinski definition) is 5. The van der Waals surface area contributed by atoms with Gasteiger partial charge < -0.3 is 5.73 Å². The minimum atomic E-state index is -3.17. The van der Waals surface area contributed by atoms with E-state index in [1.54, 1.807) is 6.20 Å². The summed E-state index contributed by atoms with van der Waals surface area (Å²) in [6, 6.07) is 0. The highest BCUT2D eigenvalue weighted by Gasteiger charge is 2.27. The fourth-order valence-corrected chi connectivity index (χ4v) is 3.59. The molecule has 0 fully saturated rings. The maximum Gasteiger partial charge on any atom is 0.220 e. The van der Waals surface area contributed by atoms with Crippen molar-refractivity contribution in [2.75, 3.05) is 18.0 Å². The zero-order chi connectivity index (χ0) is 13.2. The van der Waals surface area contributed by atoms with E-state index in [0.29, 0.717) is 25.9 Å². The average molecular weight is 270 g/mol. The molecule has 0 radical (unpaired) electrons. The number of anilines is 1. The molecule has 7 heteroatoms. The van der Waals surface area contributed by atoms with Gasteiger partial charge in [0.05, 0.1) is 18.0 Å². The van der Waals surface area contributed by atoms with Crippen molar-refractivity contribution in [3.05, 3.63) is 17.5 Å². The number of nitrogens with zero attached hydrogens (tertiary/aromatic N) is 3. The molecule has 6 nitrogen and oxygen atoms in total. The minimum Gasteiger partial charge on any atom is -0.368 e. The largest absolute Gasteiger partial charge is 0.368 e. The van der Waals surface area contributed by atoms with E-state index >= 15 is 0 Å². The molecule has 0 spiro atoms. The molecular weight excluding hydrogens is 252 g/mol. The molecule has 0 saturated heterocycles. The van der Waals surface area contributed by atoms with Crippen LogP contribution in [0.15, 0.2) is 6.20 Å². The summed E-state index contributed by atoms with van der Waals surface area (Å²) in [5, 5.41) is 0. The van der Waals surface area contributed by atoms with Gasteiger partial charge in [0.15, 0.2) is 0 Å². The van der Waals surface area contributed by atoms with Crippen LogP contribution in [0, 0.1) is 0 Å². The lowest BCUT2D eigenvalue weighted by Gasteiger charge is -2.27. The van der Waals surface area contributed by atoms with Crippen LogP contribution in [-0.2, 0) is 23.0 Å². The number of fused-ring (bicyclic) bond motifs is 1. The van der Waals surface area contributed by atoms with Crippen LogP contribution in [0.4, 0.5) is 5.95 Å². The normalized spacial score (nSPS) is 16.5. The summed E-state index contributed by atoms with van der Waals surface area (Å²) in [5.74, 6) is 0.404. The van der Waals surface area contributed by atoms with Crippen LogP contribution in [0.2, 0.25) is 0 Å². The van der Waals surface area contributed by atoms with Gasteiger partial charge in [-0.2, -0.15) is 4.31 Å². The molecule has 2 heterocycles. The lowest BCUT2D eigenvalue weighted by Crippen LogP contribution is -2.38. The number of aromatic nitrogens is 2. The quantitative estimate of drug-likeness (QED) is 0.863. The van der Waals surface area contributed by atoms with Crippen molar-refractivity contribution in [2.45, 2.75) is 32.7 Å². The number of nitrogen functional groups attached to an aromatic ring is 1. The van der Waals surface area contributed by atoms with Gasteiger partial charge in [-0.1, -0.05) is 13.3 Å². The highest BCUT2D eigenvalue weighted by atomic mass is 32.2. The van der Waals surface area contributed by atoms with Gasteiger partial charge in [-0.25, -0.2) is 18.4 Å². The van der Waals surface area contributed by atoms with E-state index in [2.05, 4.69) is 9.97 Å². The Bertz CT molecular complexity index is 530. The fourth-order valence-electron chi connectivity index (χ4n) is 1.99. The Kier molecular flexibility index (Phi) is 3.82. The maximum atomic E-state index is 12.1. The average Bonchev–Trinajstić information content (AvgIpc) is 2.35. The molecule has 1 aromatic heterocycles. The van der Waals surface area contributed by atoms with Crippen molar-refractivity contribution in [3.8, 4) is 0 Å². The van der Waals surface area contributed by atoms with Crippen LogP contribution >= 0.6 is 0 Å².